The zero-order chi connectivity index (χ0) is 12.2. The minimum Gasteiger partial charge on any atom is -0.291 e. The van der Waals surface area contributed by atoms with Crippen molar-refractivity contribution in [2.24, 2.45) is 7.05 Å². The molecule has 90 valence electrons. The summed E-state index contributed by atoms with van der Waals surface area (Å²) in [6, 6.07) is 2.55. The van der Waals surface area contributed by atoms with Crippen molar-refractivity contribution < 1.29 is 14.6 Å². The summed E-state index contributed by atoms with van der Waals surface area (Å²) in [5.41, 5.74) is 0.382. The number of hydrogen-bond donors (Lipinski definition) is 0. The summed E-state index contributed by atoms with van der Waals surface area (Å²) in [5, 5.41) is 3.87. The molecule has 0 radical (unpaired) electrons. The lowest BCUT2D eigenvalue weighted by atomic mass is 10.4. The van der Waals surface area contributed by atoms with Crippen molar-refractivity contribution in [3.05, 3.63) is 18.0 Å². The maximum Gasteiger partial charge on any atom is 0.390 e. The van der Waals surface area contributed by atoms with Gasteiger partial charge in [-0.05, 0) is 12.1 Å². The molecule has 0 atom stereocenters. The van der Waals surface area contributed by atoms with Gasteiger partial charge in [-0.1, -0.05) is 19.6 Å². The maximum absolute atomic E-state index is 11.5. The normalized spacial score (nSPS) is 11.5. The van der Waals surface area contributed by atoms with E-state index in [0.29, 0.717) is 12.3 Å². The van der Waals surface area contributed by atoms with Gasteiger partial charge in [-0.2, -0.15) is 9.99 Å². The summed E-state index contributed by atoms with van der Waals surface area (Å²) in [5.74, 6) is -0.504. The first-order valence-electron chi connectivity index (χ1n) is 5.22. The fourth-order valence-corrected chi connectivity index (χ4v) is 1.76. The average Bonchev–Trinajstić information content (AvgIpc) is 2.57. The minimum absolute atomic E-state index is 0.382. The highest BCUT2D eigenvalue weighted by atomic mass is 28.3. The number of carbonyl (C=O) groups is 1. The monoisotopic (exact) mass is 242 g/mol. The van der Waals surface area contributed by atoms with E-state index < -0.39 is 14.0 Å². The Morgan fingerprint density at radius 2 is 2.19 bits per heavy atom. The second kappa shape index (κ2) is 5.27. The Kier molecular flexibility index (Phi) is 4.25. The van der Waals surface area contributed by atoms with Crippen molar-refractivity contribution in [3.8, 4) is 0 Å². The largest absolute Gasteiger partial charge is 0.390 e. The third-order valence-corrected chi connectivity index (χ3v) is 3.80. The molecule has 0 saturated heterocycles. The van der Waals surface area contributed by atoms with Crippen molar-refractivity contribution in [2.75, 3.05) is 6.61 Å². The lowest BCUT2D eigenvalue weighted by molar-refractivity contribution is -0.237. The molecule has 6 heteroatoms. The van der Waals surface area contributed by atoms with Crippen molar-refractivity contribution in [2.45, 2.75) is 25.7 Å². The van der Waals surface area contributed by atoms with E-state index in [2.05, 4.69) is 29.6 Å². The van der Waals surface area contributed by atoms with Crippen LogP contribution in [0.2, 0.25) is 25.7 Å². The molecule has 1 aromatic heterocycles. The second-order valence-corrected chi connectivity index (χ2v) is 10.5. The Hall–Kier alpha value is -1.14. The summed E-state index contributed by atoms with van der Waals surface area (Å²) in [6.45, 7) is 7.16. The molecular weight excluding hydrogens is 224 g/mol. The van der Waals surface area contributed by atoms with Gasteiger partial charge in [0.1, 0.15) is 5.69 Å². The molecule has 5 nitrogen and oxygen atoms in total. The average molecular weight is 242 g/mol. The quantitative estimate of drug-likeness (QED) is 0.342. The predicted octanol–water partition coefficient (Wildman–Crippen LogP) is 1.85. The summed E-state index contributed by atoms with van der Waals surface area (Å²) in [7, 11) is 0.539. The van der Waals surface area contributed by atoms with Crippen molar-refractivity contribution in [1.82, 2.24) is 9.78 Å². The molecular formula is C10H18N2O3Si. The van der Waals surface area contributed by atoms with Crippen LogP contribution in [-0.4, -0.2) is 30.4 Å². The van der Waals surface area contributed by atoms with Crippen molar-refractivity contribution in [3.63, 3.8) is 0 Å². The Morgan fingerprint density at radius 3 is 2.69 bits per heavy atom. The Balaban J connectivity index is 2.29. The van der Waals surface area contributed by atoms with Crippen LogP contribution in [0.15, 0.2) is 12.3 Å². The first-order chi connectivity index (χ1) is 7.40. The molecule has 16 heavy (non-hydrogen) atoms. The molecule has 0 aliphatic rings. The molecule has 1 heterocycles. The molecule has 0 unspecified atom stereocenters. The first kappa shape index (κ1) is 12.9. The van der Waals surface area contributed by atoms with Crippen LogP contribution >= 0.6 is 0 Å². The van der Waals surface area contributed by atoms with E-state index in [4.69, 9.17) is 4.89 Å². The van der Waals surface area contributed by atoms with Gasteiger partial charge in [0.2, 0.25) is 0 Å². The van der Waals surface area contributed by atoms with Crippen LogP contribution in [0.1, 0.15) is 10.5 Å². The summed E-state index contributed by atoms with van der Waals surface area (Å²) >= 11 is 0. The number of aryl methyl sites for hydroxylation is 1. The van der Waals surface area contributed by atoms with Crippen molar-refractivity contribution >= 4 is 14.0 Å². The highest BCUT2D eigenvalue weighted by molar-refractivity contribution is 6.76. The van der Waals surface area contributed by atoms with E-state index in [1.165, 1.54) is 4.68 Å². The van der Waals surface area contributed by atoms with E-state index in [-0.39, 0.29) is 0 Å². The van der Waals surface area contributed by atoms with Gasteiger partial charge >= 0.3 is 5.97 Å². The highest BCUT2D eigenvalue weighted by Gasteiger charge is 2.15. The molecule has 0 aliphatic heterocycles. The number of rotatable bonds is 5. The summed E-state index contributed by atoms with van der Waals surface area (Å²) < 4.78 is 1.45. The smallest absolute Gasteiger partial charge is 0.291 e. The molecule has 0 aliphatic carbocycles. The lowest BCUT2D eigenvalue weighted by Crippen LogP contribution is -2.22. The molecule has 1 aromatic rings. The van der Waals surface area contributed by atoms with Gasteiger partial charge < -0.3 is 0 Å². The first-order valence-corrected chi connectivity index (χ1v) is 8.93. The van der Waals surface area contributed by atoms with Gasteiger partial charge in [-0.25, -0.2) is 4.79 Å². The van der Waals surface area contributed by atoms with Gasteiger partial charge in [-0.3, -0.25) is 9.57 Å². The van der Waals surface area contributed by atoms with Crippen LogP contribution in [-0.2, 0) is 16.8 Å². The van der Waals surface area contributed by atoms with Gasteiger partial charge in [-0.15, -0.1) is 0 Å². The van der Waals surface area contributed by atoms with Crippen LogP contribution < -0.4 is 0 Å². The van der Waals surface area contributed by atoms with Crippen LogP contribution in [0.3, 0.4) is 0 Å². The van der Waals surface area contributed by atoms with Crippen molar-refractivity contribution in [1.29, 1.82) is 0 Å². The third-order valence-electron chi connectivity index (χ3n) is 2.10. The third kappa shape index (κ3) is 4.16. The Morgan fingerprint density at radius 1 is 1.50 bits per heavy atom. The molecule has 0 bridgehead atoms. The summed E-state index contributed by atoms with van der Waals surface area (Å²) in [4.78, 5) is 21.0. The van der Waals surface area contributed by atoms with E-state index in [9.17, 15) is 4.79 Å². The van der Waals surface area contributed by atoms with E-state index in [1.54, 1.807) is 19.3 Å². The number of hydrogen-bond acceptors (Lipinski definition) is 4. The predicted molar refractivity (Wildman–Crippen MR) is 62.7 cm³/mol. The summed E-state index contributed by atoms with van der Waals surface area (Å²) in [6.07, 6.45) is 1.54. The SMILES string of the molecule is Cn1nccc1C(=O)OOCC[Si](C)(C)C. The fourth-order valence-electron chi connectivity index (χ4n) is 1.06. The molecule has 0 amide bonds. The zero-order valence-electron chi connectivity index (χ0n) is 10.2. The van der Waals surface area contributed by atoms with Gasteiger partial charge in [0.15, 0.2) is 0 Å². The molecule has 0 spiro atoms. The number of aromatic nitrogens is 2. The van der Waals surface area contributed by atoms with Crippen LogP contribution in [0.5, 0.6) is 0 Å². The van der Waals surface area contributed by atoms with Crippen LogP contribution in [0.25, 0.3) is 0 Å². The second-order valence-electron chi connectivity index (χ2n) is 4.84. The zero-order valence-corrected chi connectivity index (χ0v) is 11.2. The fraction of sp³-hybridized carbons (Fsp3) is 0.600. The van der Waals surface area contributed by atoms with Gasteiger partial charge in [0.05, 0.1) is 6.61 Å². The van der Waals surface area contributed by atoms with Crippen LogP contribution in [0, 0.1) is 0 Å². The lowest BCUT2D eigenvalue weighted by Gasteiger charge is -2.14. The van der Waals surface area contributed by atoms with Gasteiger partial charge in [0, 0.05) is 21.3 Å². The highest BCUT2D eigenvalue weighted by Crippen LogP contribution is 2.08. The Labute approximate surface area is 96.3 Å². The van der Waals surface area contributed by atoms with E-state index >= 15 is 0 Å². The van der Waals surface area contributed by atoms with Gasteiger partial charge in [0.25, 0.3) is 0 Å². The molecule has 1 rings (SSSR count). The standard InChI is InChI=1S/C10H18N2O3Si/c1-12-9(5-6-11-12)10(13)15-14-7-8-16(2,3)4/h5-6H,7-8H2,1-4H3. The van der Waals surface area contributed by atoms with E-state index in [0.717, 1.165) is 6.04 Å². The topological polar surface area (TPSA) is 53.4 Å². The molecule has 0 saturated carbocycles. The minimum atomic E-state index is -1.14. The maximum atomic E-state index is 11.5. The number of nitrogens with zero attached hydrogens (tertiary/aromatic N) is 2. The molecule has 0 N–H and O–H groups in total. The Bertz CT molecular complexity index is 357. The van der Waals surface area contributed by atoms with E-state index in [1.807, 2.05) is 0 Å². The molecule has 0 aromatic carbocycles. The number of carbonyl (C=O) groups excluding carboxylic acids is 1. The molecule has 0 fully saturated rings. The van der Waals surface area contributed by atoms with Crippen LogP contribution in [0.4, 0.5) is 0 Å².